The number of hydrogen-bond donors (Lipinski definition) is 2. The van der Waals surface area contributed by atoms with Gasteiger partial charge in [0, 0.05) is 26.1 Å². The van der Waals surface area contributed by atoms with Gasteiger partial charge in [0.1, 0.15) is 0 Å². The number of aryl methyl sites for hydroxylation is 1. The number of likely N-dealkylation sites (N-methyl/N-ethyl adjacent to an activating group) is 1. The van der Waals surface area contributed by atoms with Crippen molar-refractivity contribution in [1.82, 2.24) is 4.90 Å². The number of piperidine rings is 1. The maximum absolute atomic E-state index is 11.4. The second-order valence-corrected chi connectivity index (χ2v) is 4.69. The average Bonchev–Trinajstić information content (AvgIpc) is 2.30. The summed E-state index contributed by atoms with van der Waals surface area (Å²) in [7, 11) is 1.84. The molecule has 2 rings (SSSR count). The number of likely N-dealkylation sites (tertiary alicyclic amines) is 1. The van der Waals surface area contributed by atoms with Crippen LogP contribution in [0.1, 0.15) is 18.4 Å². The summed E-state index contributed by atoms with van der Waals surface area (Å²) in [5.74, 6) is 0.222. The highest BCUT2D eigenvalue weighted by atomic mass is 16.2. The molecule has 1 aliphatic rings. The van der Waals surface area contributed by atoms with Crippen LogP contribution in [0.25, 0.3) is 0 Å². The molecule has 0 bridgehead atoms. The van der Waals surface area contributed by atoms with E-state index in [1.165, 1.54) is 0 Å². The van der Waals surface area contributed by atoms with Gasteiger partial charge in [0.25, 0.3) is 0 Å². The molecule has 1 aliphatic heterocycles. The van der Waals surface area contributed by atoms with Gasteiger partial charge in [0.15, 0.2) is 0 Å². The third kappa shape index (κ3) is 2.52. The number of nitrogen functional groups attached to an aromatic ring is 1. The Morgan fingerprint density at radius 3 is 2.94 bits per heavy atom. The van der Waals surface area contributed by atoms with Crippen LogP contribution in [0.5, 0.6) is 0 Å². The Kier molecular flexibility index (Phi) is 3.22. The van der Waals surface area contributed by atoms with E-state index in [0.29, 0.717) is 12.5 Å². The topological polar surface area (TPSA) is 58.4 Å². The SMILES string of the molecule is Cc1cccc(NC2CCC(=O)N(C)C2)c1N. The Bertz CT molecular complexity index is 431. The van der Waals surface area contributed by atoms with E-state index in [1.54, 1.807) is 4.90 Å². The minimum absolute atomic E-state index is 0.222. The molecule has 0 saturated carbocycles. The van der Waals surface area contributed by atoms with E-state index in [0.717, 1.165) is 29.9 Å². The number of carbonyl (C=O) groups is 1. The molecule has 1 heterocycles. The Morgan fingerprint density at radius 2 is 2.24 bits per heavy atom. The minimum Gasteiger partial charge on any atom is -0.397 e. The van der Waals surface area contributed by atoms with Crippen molar-refractivity contribution >= 4 is 17.3 Å². The summed E-state index contributed by atoms with van der Waals surface area (Å²) >= 11 is 0. The third-order valence-electron chi connectivity index (χ3n) is 3.31. The number of hydrogen-bond acceptors (Lipinski definition) is 3. The zero-order chi connectivity index (χ0) is 12.4. The fourth-order valence-electron chi connectivity index (χ4n) is 2.16. The summed E-state index contributed by atoms with van der Waals surface area (Å²) in [6.07, 6.45) is 1.48. The summed E-state index contributed by atoms with van der Waals surface area (Å²) in [5, 5.41) is 3.42. The molecule has 0 radical (unpaired) electrons. The minimum atomic E-state index is 0.222. The van der Waals surface area contributed by atoms with Crippen molar-refractivity contribution in [2.45, 2.75) is 25.8 Å². The van der Waals surface area contributed by atoms with E-state index >= 15 is 0 Å². The first-order chi connectivity index (χ1) is 8.08. The predicted octanol–water partition coefficient (Wildman–Crippen LogP) is 1.61. The van der Waals surface area contributed by atoms with Crippen LogP contribution in [0.4, 0.5) is 11.4 Å². The molecule has 1 amide bonds. The normalized spacial score (nSPS) is 20.5. The lowest BCUT2D eigenvalue weighted by Gasteiger charge is -2.31. The molecular formula is C13H19N3O. The number of nitrogens with two attached hydrogens (primary N) is 1. The van der Waals surface area contributed by atoms with E-state index < -0.39 is 0 Å². The number of amides is 1. The zero-order valence-electron chi connectivity index (χ0n) is 10.4. The number of nitrogens with one attached hydrogen (secondary N) is 1. The highest BCUT2D eigenvalue weighted by Gasteiger charge is 2.22. The van der Waals surface area contributed by atoms with Gasteiger partial charge in [0.05, 0.1) is 11.4 Å². The standard InChI is InChI=1S/C13H19N3O/c1-9-4-3-5-11(13(9)14)15-10-6-7-12(17)16(2)8-10/h3-5,10,15H,6-8,14H2,1-2H3. The first-order valence-electron chi connectivity index (χ1n) is 5.93. The number of rotatable bonds is 2. The van der Waals surface area contributed by atoms with Crippen LogP contribution in [0.3, 0.4) is 0 Å². The molecule has 0 aromatic heterocycles. The molecule has 0 aliphatic carbocycles. The third-order valence-corrected chi connectivity index (χ3v) is 3.31. The molecule has 1 aromatic rings. The molecule has 0 spiro atoms. The first kappa shape index (κ1) is 11.8. The lowest BCUT2D eigenvalue weighted by atomic mass is 10.0. The second-order valence-electron chi connectivity index (χ2n) is 4.69. The highest BCUT2D eigenvalue weighted by Crippen LogP contribution is 2.24. The molecule has 4 nitrogen and oxygen atoms in total. The van der Waals surface area contributed by atoms with Crippen molar-refractivity contribution in [3.8, 4) is 0 Å². The van der Waals surface area contributed by atoms with Crippen LogP contribution in [-0.2, 0) is 4.79 Å². The van der Waals surface area contributed by atoms with E-state index in [2.05, 4.69) is 5.32 Å². The fourth-order valence-corrected chi connectivity index (χ4v) is 2.16. The number of anilines is 2. The quantitative estimate of drug-likeness (QED) is 0.763. The van der Waals surface area contributed by atoms with Crippen molar-refractivity contribution < 1.29 is 4.79 Å². The number of para-hydroxylation sites is 1. The summed E-state index contributed by atoms with van der Waals surface area (Å²) in [6, 6.07) is 6.27. The Morgan fingerprint density at radius 1 is 1.47 bits per heavy atom. The van der Waals surface area contributed by atoms with Gasteiger partial charge in [-0.3, -0.25) is 4.79 Å². The molecule has 17 heavy (non-hydrogen) atoms. The second kappa shape index (κ2) is 4.65. The average molecular weight is 233 g/mol. The van der Waals surface area contributed by atoms with Gasteiger partial charge in [-0.05, 0) is 25.0 Å². The van der Waals surface area contributed by atoms with E-state index in [9.17, 15) is 4.79 Å². The van der Waals surface area contributed by atoms with Crippen LogP contribution in [-0.4, -0.2) is 30.4 Å². The molecule has 1 saturated heterocycles. The lowest BCUT2D eigenvalue weighted by Crippen LogP contribution is -2.43. The van der Waals surface area contributed by atoms with Crippen LogP contribution < -0.4 is 11.1 Å². The van der Waals surface area contributed by atoms with Gasteiger partial charge >= 0.3 is 0 Å². The van der Waals surface area contributed by atoms with Gasteiger partial charge in [0.2, 0.25) is 5.91 Å². The predicted molar refractivity (Wildman–Crippen MR) is 69.9 cm³/mol. The first-order valence-corrected chi connectivity index (χ1v) is 5.93. The van der Waals surface area contributed by atoms with E-state index in [-0.39, 0.29) is 5.91 Å². The van der Waals surface area contributed by atoms with E-state index in [1.807, 2.05) is 32.2 Å². The Balaban J connectivity index is 2.06. The van der Waals surface area contributed by atoms with Gasteiger partial charge < -0.3 is 16.0 Å². The van der Waals surface area contributed by atoms with Crippen molar-refractivity contribution in [1.29, 1.82) is 0 Å². The molecule has 1 fully saturated rings. The van der Waals surface area contributed by atoms with Crippen molar-refractivity contribution in [3.05, 3.63) is 23.8 Å². The zero-order valence-corrected chi connectivity index (χ0v) is 10.4. The molecule has 1 unspecified atom stereocenters. The van der Waals surface area contributed by atoms with Crippen molar-refractivity contribution in [2.75, 3.05) is 24.6 Å². The van der Waals surface area contributed by atoms with Crippen LogP contribution in [0.2, 0.25) is 0 Å². The van der Waals surface area contributed by atoms with Crippen LogP contribution in [0.15, 0.2) is 18.2 Å². The lowest BCUT2D eigenvalue weighted by molar-refractivity contribution is -0.132. The summed E-state index contributed by atoms with van der Waals surface area (Å²) in [4.78, 5) is 13.2. The maximum atomic E-state index is 11.4. The molecular weight excluding hydrogens is 214 g/mol. The largest absolute Gasteiger partial charge is 0.397 e. The Labute approximate surface area is 102 Å². The molecule has 1 atom stereocenters. The monoisotopic (exact) mass is 233 g/mol. The number of carbonyl (C=O) groups excluding carboxylic acids is 1. The van der Waals surface area contributed by atoms with Gasteiger partial charge in [-0.1, -0.05) is 12.1 Å². The van der Waals surface area contributed by atoms with Crippen LogP contribution >= 0.6 is 0 Å². The smallest absolute Gasteiger partial charge is 0.222 e. The maximum Gasteiger partial charge on any atom is 0.222 e. The summed E-state index contributed by atoms with van der Waals surface area (Å²) in [5.41, 5.74) is 8.87. The fraction of sp³-hybridized carbons (Fsp3) is 0.462. The van der Waals surface area contributed by atoms with Crippen molar-refractivity contribution in [3.63, 3.8) is 0 Å². The molecule has 4 heteroatoms. The van der Waals surface area contributed by atoms with Gasteiger partial charge in [-0.15, -0.1) is 0 Å². The van der Waals surface area contributed by atoms with Gasteiger partial charge in [-0.2, -0.15) is 0 Å². The number of benzene rings is 1. The van der Waals surface area contributed by atoms with Crippen molar-refractivity contribution in [2.24, 2.45) is 0 Å². The van der Waals surface area contributed by atoms with Crippen LogP contribution in [0, 0.1) is 6.92 Å². The molecule has 3 N–H and O–H groups in total. The van der Waals surface area contributed by atoms with Gasteiger partial charge in [-0.25, -0.2) is 0 Å². The number of nitrogens with zero attached hydrogens (tertiary/aromatic N) is 1. The highest BCUT2D eigenvalue weighted by molar-refractivity contribution is 5.77. The molecule has 1 aromatic carbocycles. The summed E-state index contributed by atoms with van der Waals surface area (Å²) in [6.45, 7) is 2.74. The van der Waals surface area contributed by atoms with E-state index in [4.69, 9.17) is 5.73 Å². The molecule has 92 valence electrons. The Hall–Kier alpha value is -1.71. The summed E-state index contributed by atoms with van der Waals surface area (Å²) < 4.78 is 0.